The fourth-order valence-electron chi connectivity index (χ4n) is 2.13. The van der Waals surface area contributed by atoms with E-state index in [1.54, 1.807) is 19.3 Å². The van der Waals surface area contributed by atoms with E-state index in [1.165, 1.54) is 18.2 Å². The fraction of sp³-hybridized carbons (Fsp3) is 0.250. The van der Waals surface area contributed by atoms with Crippen LogP contribution < -0.4 is 14.8 Å². The van der Waals surface area contributed by atoms with Crippen LogP contribution in [0, 0.1) is 5.82 Å². The number of halogens is 1. The summed E-state index contributed by atoms with van der Waals surface area (Å²) in [6.07, 6.45) is 4.83. The highest BCUT2D eigenvalue weighted by Crippen LogP contribution is 2.28. The summed E-state index contributed by atoms with van der Waals surface area (Å²) in [6.45, 7) is 2.43. The number of rotatable bonds is 8. The molecule has 1 N–H and O–H groups in total. The summed E-state index contributed by atoms with van der Waals surface area (Å²) in [4.78, 5) is 12.1. The molecule has 0 radical (unpaired) electrons. The predicted molar refractivity (Wildman–Crippen MR) is 97.5 cm³/mol. The third-order valence-corrected chi connectivity index (χ3v) is 3.51. The number of nitrogens with one attached hydrogen (secondary N) is 1. The molecule has 1 amide bonds. The van der Waals surface area contributed by atoms with Crippen LogP contribution in [0.3, 0.4) is 0 Å². The van der Waals surface area contributed by atoms with Crippen molar-refractivity contribution in [1.82, 2.24) is 0 Å². The summed E-state index contributed by atoms with van der Waals surface area (Å²) in [5.74, 6) is -0.0350. The molecule has 0 aliphatic carbocycles. The van der Waals surface area contributed by atoms with Gasteiger partial charge in [-0.05, 0) is 42.3 Å². The summed E-state index contributed by atoms with van der Waals surface area (Å²) >= 11 is 0. The number of hydrogen-bond acceptors (Lipinski definition) is 3. The zero-order chi connectivity index (χ0) is 18.1. The number of hydrogen-bond donors (Lipinski definition) is 1. The number of unbranched alkanes of at least 4 members (excludes halogenated alkanes) is 1. The maximum absolute atomic E-state index is 13.9. The van der Waals surface area contributed by atoms with Crippen LogP contribution >= 0.6 is 0 Å². The molecule has 0 unspecified atom stereocenters. The molecule has 0 aliphatic rings. The third kappa shape index (κ3) is 5.64. The summed E-state index contributed by atoms with van der Waals surface area (Å²) in [5.41, 5.74) is 1.18. The fourth-order valence-corrected chi connectivity index (χ4v) is 2.13. The van der Waals surface area contributed by atoms with Gasteiger partial charge in [0.05, 0.1) is 19.4 Å². The van der Waals surface area contributed by atoms with Gasteiger partial charge in [-0.2, -0.15) is 0 Å². The summed E-state index contributed by atoms with van der Waals surface area (Å²) < 4.78 is 24.5. The van der Waals surface area contributed by atoms with Gasteiger partial charge in [0.2, 0.25) is 5.91 Å². The van der Waals surface area contributed by atoms with Crippen LogP contribution in [-0.4, -0.2) is 19.6 Å². The Morgan fingerprint density at radius 3 is 2.64 bits per heavy atom. The second-order valence-electron chi connectivity index (χ2n) is 5.41. The van der Waals surface area contributed by atoms with E-state index in [1.807, 2.05) is 31.2 Å². The van der Waals surface area contributed by atoms with Crippen molar-refractivity contribution in [2.24, 2.45) is 0 Å². The summed E-state index contributed by atoms with van der Waals surface area (Å²) in [6, 6.07) is 11.8. The zero-order valence-electron chi connectivity index (χ0n) is 14.4. The van der Waals surface area contributed by atoms with Crippen molar-refractivity contribution in [2.45, 2.75) is 19.8 Å². The Morgan fingerprint density at radius 1 is 1.20 bits per heavy atom. The first-order chi connectivity index (χ1) is 12.1. The molecular formula is C20H22FNO3. The quantitative estimate of drug-likeness (QED) is 0.560. The van der Waals surface area contributed by atoms with Crippen LogP contribution in [0.1, 0.15) is 25.3 Å². The van der Waals surface area contributed by atoms with Gasteiger partial charge in [0, 0.05) is 6.08 Å². The lowest BCUT2D eigenvalue weighted by Gasteiger charge is -2.12. The average Bonchev–Trinajstić information content (AvgIpc) is 2.63. The Morgan fingerprint density at radius 2 is 1.96 bits per heavy atom. The van der Waals surface area contributed by atoms with Crippen molar-refractivity contribution in [2.75, 3.05) is 19.0 Å². The van der Waals surface area contributed by atoms with Gasteiger partial charge < -0.3 is 14.8 Å². The normalized spacial score (nSPS) is 10.7. The standard InChI is InChI=1S/C20H22FNO3/c1-3-4-14-25-20-17(21)6-5-7-18(20)22-19(23)13-10-15-8-11-16(24-2)12-9-15/h5-13H,3-4,14H2,1-2H3,(H,22,23)/b13-10+. The van der Waals surface area contributed by atoms with Gasteiger partial charge in [-0.3, -0.25) is 4.79 Å². The van der Waals surface area contributed by atoms with Crippen LogP contribution in [0.15, 0.2) is 48.5 Å². The lowest BCUT2D eigenvalue weighted by molar-refractivity contribution is -0.111. The van der Waals surface area contributed by atoms with Crippen molar-refractivity contribution in [3.8, 4) is 11.5 Å². The lowest BCUT2D eigenvalue weighted by atomic mass is 10.2. The Balaban J connectivity index is 2.04. The Hall–Kier alpha value is -2.82. The molecule has 0 aromatic heterocycles. The lowest BCUT2D eigenvalue weighted by Crippen LogP contribution is -2.10. The minimum absolute atomic E-state index is 0.0714. The summed E-state index contributed by atoms with van der Waals surface area (Å²) in [5, 5.41) is 2.66. The van der Waals surface area contributed by atoms with E-state index in [2.05, 4.69) is 5.32 Å². The SMILES string of the molecule is CCCCOc1c(F)cccc1NC(=O)/C=C/c1ccc(OC)cc1. The predicted octanol–water partition coefficient (Wildman–Crippen LogP) is 4.67. The molecule has 0 saturated carbocycles. The molecule has 2 rings (SSSR count). The van der Waals surface area contributed by atoms with Gasteiger partial charge in [-0.15, -0.1) is 0 Å². The Kier molecular flexibility index (Phi) is 7.01. The smallest absolute Gasteiger partial charge is 0.248 e. The van der Waals surface area contributed by atoms with Crippen LogP contribution in [0.5, 0.6) is 11.5 Å². The van der Waals surface area contributed by atoms with Crippen molar-refractivity contribution in [3.63, 3.8) is 0 Å². The topological polar surface area (TPSA) is 47.6 Å². The molecule has 5 heteroatoms. The molecule has 0 atom stereocenters. The minimum atomic E-state index is -0.493. The Labute approximate surface area is 147 Å². The molecule has 0 bridgehead atoms. The van der Waals surface area contributed by atoms with Gasteiger partial charge in [-0.1, -0.05) is 31.5 Å². The van der Waals surface area contributed by atoms with E-state index in [4.69, 9.17) is 9.47 Å². The van der Waals surface area contributed by atoms with Crippen LogP contribution in [0.4, 0.5) is 10.1 Å². The average molecular weight is 343 g/mol. The van der Waals surface area contributed by atoms with Gasteiger partial charge in [-0.25, -0.2) is 4.39 Å². The maximum Gasteiger partial charge on any atom is 0.248 e. The van der Waals surface area contributed by atoms with Crippen LogP contribution in [0.25, 0.3) is 6.08 Å². The summed E-state index contributed by atoms with van der Waals surface area (Å²) in [7, 11) is 1.59. The first-order valence-electron chi connectivity index (χ1n) is 8.18. The van der Waals surface area contributed by atoms with E-state index in [0.29, 0.717) is 12.3 Å². The van der Waals surface area contributed by atoms with Crippen molar-refractivity contribution < 1.29 is 18.7 Å². The number of carbonyl (C=O) groups is 1. The van der Waals surface area contributed by atoms with E-state index < -0.39 is 5.82 Å². The second kappa shape index (κ2) is 9.47. The van der Waals surface area contributed by atoms with Gasteiger partial charge in [0.15, 0.2) is 11.6 Å². The Bertz CT molecular complexity index is 726. The zero-order valence-corrected chi connectivity index (χ0v) is 14.4. The van der Waals surface area contributed by atoms with Gasteiger partial charge in [0.1, 0.15) is 5.75 Å². The molecular weight excluding hydrogens is 321 g/mol. The monoisotopic (exact) mass is 343 g/mol. The molecule has 0 saturated heterocycles. The number of ether oxygens (including phenoxy) is 2. The number of para-hydroxylation sites is 1. The highest BCUT2D eigenvalue weighted by atomic mass is 19.1. The van der Waals surface area contributed by atoms with Gasteiger partial charge in [0.25, 0.3) is 0 Å². The number of methoxy groups -OCH3 is 1. The van der Waals surface area contributed by atoms with Crippen molar-refractivity contribution in [3.05, 3.63) is 59.9 Å². The number of amides is 1. The number of benzene rings is 2. The highest BCUT2D eigenvalue weighted by Gasteiger charge is 2.11. The molecule has 0 heterocycles. The molecule has 2 aromatic carbocycles. The molecule has 0 fully saturated rings. The number of carbonyl (C=O) groups excluding carboxylic acids is 1. The second-order valence-corrected chi connectivity index (χ2v) is 5.41. The van der Waals surface area contributed by atoms with Crippen molar-refractivity contribution in [1.29, 1.82) is 0 Å². The first kappa shape index (κ1) is 18.5. The largest absolute Gasteiger partial charge is 0.497 e. The first-order valence-corrected chi connectivity index (χ1v) is 8.18. The van der Waals surface area contributed by atoms with Gasteiger partial charge >= 0.3 is 0 Å². The van der Waals surface area contributed by atoms with E-state index >= 15 is 0 Å². The molecule has 25 heavy (non-hydrogen) atoms. The van der Waals surface area contributed by atoms with E-state index in [9.17, 15) is 9.18 Å². The van der Waals surface area contributed by atoms with E-state index in [-0.39, 0.29) is 11.7 Å². The highest BCUT2D eigenvalue weighted by molar-refractivity contribution is 6.02. The van der Waals surface area contributed by atoms with E-state index in [0.717, 1.165) is 24.2 Å². The molecule has 4 nitrogen and oxygen atoms in total. The third-order valence-electron chi connectivity index (χ3n) is 3.51. The molecule has 132 valence electrons. The minimum Gasteiger partial charge on any atom is -0.497 e. The van der Waals surface area contributed by atoms with Crippen LogP contribution in [-0.2, 0) is 4.79 Å². The molecule has 2 aromatic rings. The van der Waals surface area contributed by atoms with Crippen LogP contribution in [0.2, 0.25) is 0 Å². The maximum atomic E-state index is 13.9. The van der Waals surface area contributed by atoms with Crippen molar-refractivity contribution >= 4 is 17.7 Å². The molecule has 0 aliphatic heterocycles. The molecule has 0 spiro atoms. The number of anilines is 1.